The minimum atomic E-state index is -0.205. The van der Waals surface area contributed by atoms with Crippen LogP contribution in [0.4, 0.5) is 4.39 Å². The van der Waals surface area contributed by atoms with Crippen LogP contribution in [0.1, 0.15) is 30.7 Å². The zero-order chi connectivity index (χ0) is 12.1. The fraction of sp³-hybridized carbons (Fsp3) is 0.571. The minimum absolute atomic E-state index is 0.180. The van der Waals surface area contributed by atoms with Crippen molar-refractivity contribution in [2.45, 2.75) is 25.2 Å². The molecule has 17 heavy (non-hydrogen) atoms. The van der Waals surface area contributed by atoms with Crippen LogP contribution < -0.4 is 0 Å². The van der Waals surface area contributed by atoms with Crippen LogP contribution in [0.3, 0.4) is 0 Å². The maximum Gasteiger partial charge on any atom is 0.123 e. The molecule has 2 rings (SSSR count). The second-order valence-corrected chi connectivity index (χ2v) is 4.62. The lowest BCUT2D eigenvalue weighted by Gasteiger charge is -2.30. The predicted octanol–water partition coefficient (Wildman–Crippen LogP) is 2.72. The summed E-state index contributed by atoms with van der Waals surface area (Å²) >= 11 is 0. The summed E-state index contributed by atoms with van der Waals surface area (Å²) in [4.78, 5) is 0. The first-order valence-corrected chi connectivity index (χ1v) is 6.25. The number of aliphatic hydroxyl groups excluding tert-OH is 1. The van der Waals surface area contributed by atoms with Crippen molar-refractivity contribution in [3.63, 3.8) is 0 Å². The molecule has 94 valence electrons. The quantitative estimate of drug-likeness (QED) is 0.874. The predicted molar refractivity (Wildman–Crippen MR) is 64.4 cm³/mol. The van der Waals surface area contributed by atoms with Gasteiger partial charge in [0.25, 0.3) is 0 Å². The number of aliphatic hydroxyl groups is 1. The summed E-state index contributed by atoms with van der Waals surface area (Å²) in [6, 6.07) is 6.67. The Hall–Kier alpha value is -0.930. The van der Waals surface area contributed by atoms with E-state index in [1.54, 1.807) is 0 Å². The maximum absolute atomic E-state index is 12.9. The highest BCUT2D eigenvalue weighted by atomic mass is 19.1. The van der Waals surface area contributed by atoms with Gasteiger partial charge in [-0.05, 0) is 48.8 Å². The molecule has 1 heterocycles. The highest BCUT2D eigenvalue weighted by Gasteiger charge is 2.24. The SMILES string of the molecule is OCCC(c1ccc(F)cc1)C1CCOCC1. The average molecular weight is 238 g/mol. The summed E-state index contributed by atoms with van der Waals surface area (Å²) in [6.45, 7) is 1.78. The molecule has 1 aliphatic rings. The normalized spacial score (nSPS) is 19.2. The van der Waals surface area contributed by atoms with Gasteiger partial charge >= 0.3 is 0 Å². The molecule has 1 aromatic rings. The summed E-state index contributed by atoms with van der Waals surface area (Å²) in [7, 11) is 0. The van der Waals surface area contributed by atoms with Crippen LogP contribution in [0, 0.1) is 11.7 Å². The molecule has 0 bridgehead atoms. The largest absolute Gasteiger partial charge is 0.396 e. The van der Waals surface area contributed by atoms with Gasteiger partial charge in [0.05, 0.1) is 0 Å². The van der Waals surface area contributed by atoms with Crippen molar-refractivity contribution < 1.29 is 14.2 Å². The Bertz CT molecular complexity index is 331. The summed E-state index contributed by atoms with van der Waals surface area (Å²) in [5.74, 6) is 0.661. The van der Waals surface area contributed by atoms with Crippen LogP contribution in [-0.4, -0.2) is 24.9 Å². The zero-order valence-corrected chi connectivity index (χ0v) is 9.94. The topological polar surface area (TPSA) is 29.5 Å². The molecule has 2 nitrogen and oxygen atoms in total. The number of hydrogen-bond donors (Lipinski definition) is 1. The molecular formula is C14H19FO2. The van der Waals surface area contributed by atoms with E-state index in [1.165, 1.54) is 12.1 Å². The second-order valence-electron chi connectivity index (χ2n) is 4.62. The molecular weight excluding hydrogens is 219 g/mol. The van der Waals surface area contributed by atoms with Crippen LogP contribution in [0.2, 0.25) is 0 Å². The molecule has 0 spiro atoms. The molecule has 1 atom stereocenters. The number of rotatable bonds is 4. The van der Waals surface area contributed by atoms with Gasteiger partial charge in [-0.25, -0.2) is 4.39 Å². The standard InChI is InChI=1S/C14H19FO2/c15-13-3-1-11(2-4-13)14(5-8-16)12-6-9-17-10-7-12/h1-4,12,14,16H,5-10H2. The van der Waals surface area contributed by atoms with Crippen LogP contribution in [-0.2, 0) is 4.74 Å². The third kappa shape index (κ3) is 3.27. The first-order valence-electron chi connectivity index (χ1n) is 6.25. The third-order valence-corrected chi connectivity index (χ3v) is 3.57. The van der Waals surface area contributed by atoms with Crippen LogP contribution in [0.15, 0.2) is 24.3 Å². The average Bonchev–Trinajstić information content (AvgIpc) is 2.38. The Labute approximate surface area is 101 Å². The molecule has 1 aromatic carbocycles. The number of benzene rings is 1. The molecule has 1 unspecified atom stereocenters. The Kier molecular flexibility index (Phi) is 4.51. The lowest BCUT2D eigenvalue weighted by Crippen LogP contribution is -2.23. The lowest BCUT2D eigenvalue weighted by molar-refractivity contribution is 0.0544. The summed E-state index contributed by atoms with van der Waals surface area (Å²) < 4.78 is 18.3. The third-order valence-electron chi connectivity index (χ3n) is 3.57. The van der Waals surface area contributed by atoms with Gasteiger partial charge < -0.3 is 9.84 Å². The Morgan fingerprint density at radius 2 is 1.88 bits per heavy atom. The summed E-state index contributed by atoms with van der Waals surface area (Å²) in [5.41, 5.74) is 1.13. The monoisotopic (exact) mass is 238 g/mol. The molecule has 0 aromatic heterocycles. The number of hydrogen-bond acceptors (Lipinski definition) is 2. The maximum atomic E-state index is 12.9. The fourth-order valence-electron chi connectivity index (χ4n) is 2.64. The molecule has 1 N–H and O–H groups in total. The van der Waals surface area contributed by atoms with E-state index in [-0.39, 0.29) is 12.4 Å². The van der Waals surface area contributed by atoms with Gasteiger partial charge in [0, 0.05) is 19.8 Å². The van der Waals surface area contributed by atoms with Crippen molar-refractivity contribution in [3.8, 4) is 0 Å². The molecule has 0 radical (unpaired) electrons. The smallest absolute Gasteiger partial charge is 0.123 e. The van der Waals surface area contributed by atoms with Gasteiger partial charge in [0.2, 0.25) is 0 Å². The lowest BCUT2D eigenvalue weighted by atomic mass is 9.79. The van der Waals surface area contributed by atoms with Gasteiger partial charge in [-0.15, -0.1) is 0 Å². The van der Waals surface area contributed by atoms with Crippen LogP contribution >= 0.6 is 0 Å². The molecule has 1 saturated heterocycles. The fourth-order valence-corrected chi connectivity index (χ4v) is 2.64. The van der Waals surface area contributed by atoms with Crippen molar-refractivity contribution in [3.05, 3.63) is 35.6 Å². The van der Waals surface area contributed by atoms with E-state index in [0.717, 1.165) is 38.0 Å². The van der Waals surface area contributed by atoms with E-state index in [1.807, 2.05) is 12.1 Å². The summed E-state index contributed by atoms with van der Waals surface area (Å²) in [6.07, 6.45) is 2.81. The van der Waals surface area contributed by atoms with Gasteiger partial charge in [-0.3, -0.25) is 0 Å². The molecule has 0 amide bonds. The molecule has 0 aliphatic carbocycles. The number of ether oxygens (including phenoxy) is 1. The van der Waals surface area contributed by atoms with E-state index >= 15 is 0 Å². The first kappa shape index (κ1) is 12.5. The van der Waals surface area contributed by atoms with Gasteiger partial charge in [-0.1, -0.05) is 12.1 Å². The highest BCUT2D eigenvalue weighted by Crippen LogP contribution is 2.34. The second kappa shape index (κ2) is 6.12. The van der Waals surface area contributed by atoms with E-state index in [0.29, 0.717) is 11.8 Å². The van der Waals surface area contributed by atoms with Crippen molar-refractivity contribution >= 4 is 0 Å². The first-order chi connectivity index (χ1) is 8.31. The van der Waals surface area contributed by atoms with Crippen molar-refractivity contribution in [1.29, 1.82) is 0 Å². The van der Waals surface area contributed by atoms with Crippen molar-refractivity contribution in [1.82, 2.24) is 0 Å². The number of halogens is 1. The van der Waals surface area contributed by atoms with Crippen LogP contribution in [0.25, 0.3) is 0 Å². The summed E-state index contributed by atoms with van der Waals surface area (Å²) in [5, 5.41) is 9.18. The van der Waals surface area contributed by atoms with E-state index in [9.17, 15) is 9.50 Å². The van der Waals surface area contributed by atoms with Crippen molar-refractivity contribution in [2.24, 2.45) is 5.92 Å². The Morgan fingerprint density at radius 3 is 2.47 bits per heavy atom. The van der Waals surface area contributed by atoms with Gasteiger partial charge in [0.1, 0.15) is 5.82 Å². The minimum Gasteiger partial charge on any atom is -0.396 e. The molecule has 3 heteroatoms. The van der Waals surface area contributed by atoms with E-state index in [2.05, 4.69) is 0 Å². The molecule has 1 aliphatic heterocycles. The zero-order valence-electron chi connectivity index (χ0n) is 9.94. The van der Waals surface area contributed by atoms with E-state index < -0.39 is 0 Å². The Balaban J connectivity index is 2.12. The highest BCUT2D eigenvalue weighted by molar-refractivity contribution is 5.21. The van der Waals surface area contributed by atoms with Gasteiger partial charge in [-0.2, -0.15) is 0 Å². The van der Waals surface area contributed by atoms with Gasteiger partial charge in [0.15, 0.2) is 0 Å². The Morgan fingerprint density at radius 1 is 1.24 bits per heavy atom. The van der Waals surface area contributed by atoms with Crippen molar-refractivity contribution in [2.75, 3.05) is 19.8 Å². The van der Waals surface area contributed by atoms with Crippen LogP contribution in [0.5, 0.6) is 0 Å². The molecule has 0 saturated carbocycles. The van der Waals surface area contributed by atoms with E-state index in [4.69, 9.17) is 4.74 Å². The molecule has 1 fully saturated rings.